The van der Waals surface area contributed by atoms with E-state index >= 15 is 0 Å². The molecule has 5 aliphatic heterocycles. The molecule has 0 radical (unpaired) electrons. The largest absolute Gasteiger partial charge is 0.466 e. The van der Waals surface area contributed by atoms with Gasteiger partial charge in [-0.25, -0.2) is 0 Å². The maximum atomic E-state index is 11.5. The molecular weight excluding hydrogens is 400 g/mol. The predicted octanol–water partition coefficient (Wildman–Crippen LogP) is 5.05. The van der Waals surface area contributed by atoms with E-state index in [0.29, 0.717) is 13.0 Å². The third-order valence-electron chi connectivity index (χ3n) is 7.34. The van der Waals surface area contributed by atoms with Gasteiger partial charge in [0.25, 0.3) is 11.6 Å². The van der Waals surface area contributed by atoms with Crippen LogP contribution in [0.5, 0.6) is 0 Å². The van der Waals surface area contributed by atoms with Gasteiger partial charge < -0.3 is 9.47 Å². The molecule has 0 bridgehead atoms. The molecule has 31 heavy (non-hydrogen) atoms. The average Bonchev–Trinajstić information content (AvgIpc) is 3.66. The Morgan fingerprint density at radius 3 is 1.87 bits per heavy atom. The molecule has 0 aromatic carbocycles. The van der Waals surface area contributed by atoms with E-state index in [0.717, 1.165) is 32.1 Å². The molecular formula is C24H38O7. The molecule has 176 valence electrons. The van der Waals surface area contributed by atoms with Crippen LogP contribution in [-0.4, -0.2) is 42.0 Å². The number of fused-ring (bicyclic) bond motifs is 1. The van der Waals surface area contributed by atoms with Crippen molar-refractivity contribution < 1.29 is 33.2 Å². The lowest BCUT2D eigenvalue weighted by Gasteiger charge is -2.08. The predicted molar refractivity (Wildman–Crippen MR) is 111 cm³/mol. The van der Waals surface area contributed by atoms with Crippen molar-refractivity contribution >= 4 is 5.97 Å². The van der Waals surface area contributed by atoms with Gasteiger partial charge in [0.1, 0.15) is 6.10 Å². The molecule has 7 heteroatoms. The van der Waals surface area contributed by atoms with Crippen molar-refractivity contribution in [3.8, 4) is 0 Å². The number of hydrogen-bond donors (Lipinski definition) is 0. The number of ether oxygens (including phenoxy) is 6. The molecule has 0 aromatic rings. The third kappa shape index (κ3) is 3.84. The van der Waals surface area contributed by atoms with E-state index in [4.69, 9.17) is 28.4 Å². The van der Waals surface area contributed by atoms with Crippen molar-refractivity contribution in [1.29, 1.82) is 0 Å². The molecule has 5 aliphatic rings. The summed E-state index contributed by atoms with van der Waals surface area (Å²) in [5.74, 6) is -2.59. The molecule has 5 fully saturated rings. The smallest absolute Gasteiger partial charge is 0.355 e. The molecule has 5 heterocycles. The molecule has 2 spiro atoms. The zero-order chi connectivity index (χ0) is 21.4. The van der Waals surface area contributed by atoms with Crippen molar-refractivity contribution in [1.82, 2.24) is 0 Å². The Bertz CT molecular complexity index is 660. The van der Waals surface area contributed by atoms with Crippen LogP contribution < -0.4 is 0 Å². The van der Waals surface area contributed by atoms with Crippen LogP contribution in [0.4, 0.5) is 0 Å². The van der Waals surface area contributed by atoms with Crippen molar-refractivity contribution in [3.63, 3.8) is 0 Å². The first-order valence-corrected chi connectivity index (χ1v) is 12.8. The quantitative estimate of drug-likeness (QED) is 0.168. The van der Waals surface area contributed by atoms with Gasteiger partial charge in [-0.05, 0) is 19.3 Å². The molecule has 0 N–H and O–H groups in total. The van der Waals surface area contributed by atoms with Crippen LogP contribution in [0.2, 0.25) is 0 Å². The highest BCUT2D eigenvalue weighted by Crippen LogP contribution is 2.93. The van der Waals surface area contributed by atoms with E-state index in [9.17, 15) is 4.79 Å². The fraction of sp³-hybridized carbons (Fsp3) is 0.958. The molecule has 0 saturated carbocycles. The van der Waals surface area contributed by atoms with Gasteiger partial charge in [0, 0.05) is 6.42 Å². The Labute approximate surface area is 185 Å². The number of carbonyl (C=O) groups is 1. The average molecular weight is 439 g/mol. The monoisotopic (exact) mass is 438 g/mol. The Hall–Kier alpha value is -0.730. The first kappa shape index (κ1) is 22.1. The summed E-state index contributed by atoms with van der Waals surface area (Å²) in [6.45, 7) is 2.69. The van der Waals surface area contributed by atoms with Crippen molar-refractivity contribution in [3.05, 3.63) is 0 Å². The van der Waals surface area contributed by atoms with Crippen molar-refractivity contribution in [2.24, 2.45) is 0 Å². The Kier molecular flexibility index (Phi) is 6.10. The maximum absolute atomic E-state index is 11.5. The van der Waals surface area contributed by atoms with Crippen LogP contribution >= 0.6 is 0 Å². The lowest BCUT2D eigenvalue weighted by atomic mass is 10.0. The highest BCUT2D eigenvalue weighted by Gasteiger charge is 3.23. The topological polar surface area (TPSA) is 85.7 Å². The minimum absolute atomic E-state index is 0.0219. The first-order chi connectivity index (χ1) is 15.1. The Morgan fingerprint density at radius 2 is 1.32 bits per heavy atom. The molecule has 0 aromatic heterocycles. The number of esters is 1. The van der Waals surface area contributed by atoms with Crippen LogP contribution in [0.3, 0.4) is 0 Å². The molecule has 0 aliphatic carbocycles. The minimum atomic E-state index is -0.726. The van der Waals surface area contributed by atoms with Crippen molar-refractivity contribution in [2.45, 2.75) is 139 Å². The zero-order valence-corrected chi connectivity index (χ0v) is 19.0. The van der Waals surface area contributed by atoms with E-state index in [1.165, 1.54) is 64.2 Å². The van der Waals surface area contributed by atoms with Gasteiger partial charge in [-0.2, -0.15) is 0 Å². The summed E-state index contributed by atoms with van der Waals surface area (Å²) in [6.07, 6.45) is 18.9. The summed E-state index contributed by atoms with van der Waals surface area (Å²) in [7, 11) is 0. The molecule has 0 amide bonds. The third-order valence-corrected chi connectivity index (χ3v) is 7.34. The lowest BCUT2D eigenvalue weighted by molar-refractivity contribution is -0.166. The summed E-state index contributed by atoms with van der Waals surface area (Å²) >= 11 is 0. The second-order valence-corrected chi connectivity index (χ2v) is 9.83. The molecule has 5 rings (SSSR count). The second-order valence-electron chi connectivity index (χ2n) is 9.83. The standard InChI is InChI=1S/C24H38O7/c1-2-3-18-26-20(25)17-15-13-11-9-7-5-4-6-8-10-12-14-16-19-21(27-19)22(28-21)23-24(29-22,30-23)31-23/h19H,2-18H2,1H3. The lowest BCUT2D eigenvalue weighted by Crippen LogP contribution is -2.41. The molecule has 3 unspecified atom stereocenters. The summed E-state index contributed by atoms with van der Waals surface area (Å²) in [4.78, 5) is 11.5. The SMILES string of the molecule is CCCCOC(=O)CCCCCCCCCCCCCCC1OC12OC21OC23OC21O3. The van der Waals surface area contributed by atoms with Crippen LogP contribution in [0.1, 0.15) is 110 Å². The first-order valence-electron chi connectivity index (χ1n) is 12.8. The van der Waals surface area contributed by atoms with Gasteiger partial charge in [0.2, 0.25) is 0 Å². The van der Waals surface area contributed by atoms with Crippen LogP contribution in [0.15, 0.2) is 0 Å². The number of epoxide rings is 4. The number of rotatable bonds is 18. The molecule has 3 atom stereocenters. The summed E-state index contributed by atoms with van der Waals surface area (Å²) in [5.41, 5.74) is 0. The van der Waals surface area contributed by atoms with E-state index < -0.39 is 23.3 Å². The van der Waals surface area contributed by atoms with Gasteiger partial charge in [0.05, 0.1) is 6.61 Å². The number of unbranched alkanes of at least 4 members (excludes halogenated alkanes) is 12. The van der Waals surface area contributed by atoms with E-state index in [2.05, 4.69) is 6.92 Å². The minimum Gasteiger partial charge on any atom is -0.466 e. The van der Waals surface area contributed by atoms with Gasteiger partial charge in [-0.15, -0.1) is 0 Å². The number of carbonyl (C=O) groups excluding carboxylic acids is 1. The Morgan fingerprint density at radius 1 is 0.742 bits per heavy atom. The molecule has 5 saturated heterocycles. The van der Waals surface area contributed by atoms with E-state index in [1.54, 1.807) is 0 Å². The van der Waals surface area contributed by atoms with Crippen molar-refractivity contribution in [2.75, 3.05) is 6.61 Å². The highest BCUT2D eigenvalue weighted by atomic mass is 17.3. The fourth-order valence-electron chi connectivity index (χ4n) is 5.14. The number of hydrogen-bond acceptors (Lipinski definition) is 7. The van der Waals surface area contributed by atoms with E-state index in [-0.39, 0.29) is 12.1 Å². The molecule has 7 nitrogen and oxygen atoms in total. The summed E-state index contributed by atoms with van der Waals surface area (Å²) < 4.78 is 33.0. The zero-order valence-electron chi connectivity index (χ0n) is 19.0. The van der Waals surface area contributed by atoms with Crippen LogP contribution in [0, 0.1) is 0 Å². The van der Waals surface area contributed by atoms with Gasteiger partial charge in [0.15, 0.2) is 0 Å². The summed E-state index contributed by atoms with van der Waals surface area (Å²) in [6, 6.07) is 0. The normalized spacial score (nSPS) is 39.7. The van der Waals surface area contributed by atoms with Gasteiger partial charge in [-0.3, -0.25) is 23.7 Å². The summed E-state index contributed by atoms with van der Waals surface area (Å²) in [5, 5.41) is 0. The van der Waals surface area contributed by atoms with E-state index in [1.807, 2.05) is 0 Å². The van der Waals surface area contributed by atoms with Gasteiger partial charge in [-0.1, -0.05) is 84.0 Å². The maximum Gasteiger partial charge on any atom is 0.355 e. The fourth-order valence-corrected chi connectivity index (χ4v) is 5.14. The second kappa shape index (κ2) is 8.56. The van der Waals surface area contributed by atoms with Crippen LogP contribution in [-0.2, 0) is 33.2 Å². The van der Waals surface area contributed by atoms with Crippen LogP contribution in [0.25, 0.3) is 0 Å². The highest BCUT2D eigenvalue weighted by molar-refractivity contribution is 5.69. The Balaban J connectivity index is 0.757. The van der Waals surface area contributed by atoms with Gasteiger partial charge >= 0.3 is 17.7 Å².